The predicted octanol–water partition coefficient (Wildman–Crippen LogP) is 5.84. The fourth-order valence-electron chi connectivity index (χ4n) is 8.54. The van der Waals surface area contributed by atoms with Gasteiger partial charge in [0.1, 0.15) is 27.9 Å². The molecule has 3 aliphatic heterocycles. The van der Waals surface area contributed by atoms with Crippen LogP contribution in [0.2, 0.25) is 0 Å². The number of para-hydroxylation sites is 2. The fraction of sp³-hybridized carbons (Fsp3) is 0.429. The number of sulfonamides is 1. The average molecular weight is 666 g/mol. The number of nitrogens with zero attached hydrogens (tertiary/aromatic N) is 4. The molecule has 2 N–H and O–H groups in total. The van der Waals surface area contributed by atoms with Crippen molar-refractivity contribution in [1.29, 1.82) is 0 Å². The van der Waals surface area contributed by atoms with Gasteiger partial charge < -0.3 is 9.47 Å². The van der Waals surface area contributed by atoms with Crippen molar-refractivity contribution in [3.05, 3.63) is 95.1 Å². The van der Waals surface area contributed by atoms with E-state index in [0.29, 0.717) is 31.0 Å². The highest BCUT2D eigenvalue weighted by Gasteiger charge is 2.44. The van der Waals surface area contributed by atoms with Crippen LogP contribution in [-0.4, -0.2) is 65.4 Å². The first-order chi connectivity index (χ1) is 22.4. The van der Waals surface area contributed by atoms with Gasteiger partial charge in [0.05, 0.1) is 11.0 Å². The molecule has 47 heavy (non-hydrogen) atoms. The van der Waals surface area contributed by atoms with Crippen molar-refractivity contribution < 1.29 is 26.4 Å². The molecule has 0 spiro atoms. The molecule has 3 atom stereocenters. The standard InChI is InChI=1S/C35H38F3N5O3S/c1-22-40-29-7-2-3-8-30(29)43(22)27-20-25-9-10-26(21-27)42(25)18-15-35(23-5-4-6-24(36)19-23)13-16-41(17-14-35)34(44)32-28(37)11-12-31(33(32)38)47(39,45)46/h2-8,11-12,19,25-27H,9-10,13-18,20-21H2,1H3,(H2,39,45,46)/t25-,26+,27?. The molecular formula is C35H38F3N5O3S. The molecule has 0 radical (unpaired) electrons. The molecule has 7 rings (SSSR count). The number of halogens is 3. The molecule has 248 valence electrons. The summed E-state index contributed by atoms with van der Waals surface area (Å²) in [6.45, 7) is 3.25. The number of aromatic nitrogens is 2. The lowest BCUT2D eigenvalue weighted by molar-refractivity contribution is 0.0598. The third-order valence-corrected chi connectivity index (χ3v) is 11.8. The third-order valence-electron chi connectivity index (χ3n) is 10.9. The summed E-state index contributed by atoms with van der Waals surface area (Å²) in [7, 11) is -4.50. The van der Waals surface area contributed by atoms with Crippen molar-refractivity contribution in [1.82, 2.24) is 19.4 Å². The van der Waals surface area contributed by atoms with Crippen LogP contribution in [0.15, 0.2) is 65.6 Å². The van der Waals surface area contributed by atoms with E-state index in [1.807, 2.05) is 12.1 Å². The van der Waals surface area contributed by atoms with Crippen molar-refractivity contribution in [3.63, 3.8) is 0 Å². The summed E-state index contributed by atoms with van der Waals surface area (Å²) >= 11 is 0. The second-order valence-electron chi connectivity index (χ2n) is 13.4. The number of fused-ring (bicyclic) bond motifs is 3. The first-order valence-corrected chi connectivity index (χ1v) is 17.8. The Morgan fingerprint density at radius 2 is 1.66 bits per heavy atom. The van der Waals surface area contributed by atoms with Gasteiger partial charge in [0.25, 0.3) is 5.91 Å². The number of primary sulfonamides is 1. The summed E-state index contributed by atoms with van der Waals surface area (Å²) in [6.07, 6.45) is 5.97. The second-order valence-corrected chi connectivity index (χ2v) is 14.9. The van der Waals surface area contributed by atoms with Gasteiger partial charge in [-0.05, 0) is 106 Å². The summed E-state index contributed by atoms with van der Waals surface area (Å²) in [4.78, 5) is 21.2. The van der Waals surface area contributed by atoms with E-state index in [0.717, 1.165) is 67.7 Å². The van der Waals surface area contributed by atoms with Crippen LogP contribution < -0.4 is 5.14 Å². The Morgan fingerprint density at radius 3 is 2.34 bits per heavy atom. The maximum Gasteiger partial charge on any atom is 0.259 e. The van der Waals surface area contributed by atoms with Gasteiger partial charge in [0.2, 0.25) is 10.0 Å². The lowest BCUT2D eigenvalue weighted by Gasteiger charge is -2.45. The quantitative estimate of drug-likeness (QED) is 0.267. The van der Waals surface area contributed by atoms with E-state index in [9.17, 15) is 22.0 Å². The number of likely N-dealkylation sites (tertiary alicyclic amines) is 1. The van der Waals surface area contributed by atoms with Crippen LogP contribution in [0.3, 0.4) is 0 Å². The van der Waals surface area contributed by atoms with Crippen molar-refractivity contribution in [3.8, 4) is 0 Å². The number of carbonyl (C=O) groups excluding carboxylic acids is 1. The Kier molecular flexibility index (Phi) is 8.16. The number of imidazole rings is 1. The van der Waals surface area contributed by atoms with Gasteiger partial charge in [-0.25, -0.2) is 31.7 Å². The predicted molar refractivity (Wildman–Crippen MR) is 172 cm³/mol. The minimum atomic E-state index is -4.50. The monoisotopic (exact) mass is 665 g/mol. The van der Waals surface area contributed by atoms with E-state index in [4.69, 9.17) is 10.1 Å². The Bertz CT molecular complexity index is 1940. The first-order valence-electron chi connectivity index (χ1n) is 16.2. The largest absolute Gasteiger partial charge is 0.338 e. The zero-order valence-electron chi connectivity index (χ0n) is 26.2. The average Bonchev–Trinajstić information content (AvgIpc) is 3.49. The molecule has 2 bridgehead atoms. The van der Waals surface area contributed by atoms with Gasteiger partial charge in [0, 0.05) is 31.2 Å². The number of amides is 1. The minimum Gasteiger partial charge on any atom is -0.338 e. The van der Waals surface area contributed by atoms with Gasteiger partial charge in [-0.2, -0.15) is 0 Å². The molecule has 3 aliphatic rings. The molecule has 0 saturated carbocycles. The highest BCUT2D eigenvalue weighted by molar-refractivity contribution is 7.89. The molecular weight excluding hydrogens is 627 g/mol. The van der Waals surface area contributed by atoms with Gasteiger partial charge >= 0.3 is 0 Å². The van der Waals surface area contributed by atoms with E-state index < -0.39 is 43.4 Å². The van der Waals surface area contributed by atoms with Gasteiger partial charge in [0.15, 0.2) is 5.82 Å². The Labute approximate surface area is 272 Å². The third kappa shape index (κ3) is 5.74. The molecule has 3 aromatic carbocycles. The number of rotatable bonds is 7. The summed E-state index contributed by atoms with van der Waals surface area (Å²) in [5.41, 5.74) is 1.65. The molecule has 12 heteroatoms. The summed E-state index contributed by atoms with van der Waals surface area (Å²) in [5, 5.41) is 5.09. The zero-order valence-corrected chi connectivity index (χ0v) is 27.0. The van der Waals surface area contributed by atoms with Crippen LogP contribution >= 0.6 is 0 Å². The summed E-state index contributed by atoms with van der Waals surface area (Å²) in [5.74, 6) is -2.88. The highest BCUT2D eigenvalue weighted by atomic mass is 32.2. The Morgan fingerprint density at radius 1 is 0.957 bits per heavy atom. The Balaban J connectivity index is 1.09. The number of hydrogen-bond donors (Lipinski definition) is 1. The molecule has 0 aliphatic carbocycles. The summed E-state index contributed by atoms with van der Waals surface area (Å²) in [6, 6.07) is 17.5. The number of benzene rings is 3. The van der Waals surface area contributed by atoms with E-state index in [2.05, 4.69) is 34.6 Å². The summed E-state index contributed by atoms with van der Waals surface area (Å²) < 4.78 is 70.5. The maximum atomic E-state index is 15.1. The Hall–Kier alpha value is -3.74. The number of piperidine rings is 2. The van der Waals surface area contributed by atoms with Crippen LogP contribution in [0, 0.1) is 24.4 Å². The number of nitrogens with two attached hydrogens (primary N) is 1. The number of carbonyl (C=O) groups is 1. The molecule has 3 fully saturated rings. The van der Waals surface area contributed by atoms with Crippen molar-refractivity contribution >= 4 is 27.0 Å². The van der Waals surface area contributed by atoms with Crippen LogP contribution in [0.4, 0.5) is 13.2 Å². The van der Waals surface area contributed by atoms with E-state index in [-0.39, 0.29) is 18.9 Å². The van der Waals surface area contributed by atoms with Crippen LogP contribution in [0.5, 0.6) is 0 Å². The fourth-order valence-corrected chi connectivity index (χ4v) is 9.15. The van der Waals surface area contributed by atoms with E-state index >= 15 is 4.39 Å². The van der Waals surface area contributed by atoms with E-state index in [1.54, 1.807) is 12.1 Å². The molecule has 4 aromatic rings. The number of aryl methyl sites for hydroxylation is 1. The normalized spacial score (nSPS) is 23.0. The van der Waals surface area contributed by atoms with Crippen LogP contribution in [-0.2, 0) is 15.4 Å². The topological polar surface area (TPSA) is 102 Å². The lowest BCUT2D eigenvalue weighted by Crippen LogP contribution is -2.49. The zero-order chi connectivity index (χ0) is 33.1. The molecule has 1 amide bonds. The van der Waals surface area contributed by atoms with Crippen LogP contribution in [0.1, 0.15) is 72.7 Å². The van der Waals surface area contributed by atoms with Crippen molar-refractivity contribution in [2.75, 3.05) is 19.6 Å². The molecule has 8 nitrogen and oxygen atoms in total. The van der Waals surface area contributed by atoms with E-state index in [1.165, 1.54) is 16.5 Å². The number of hydrogen-bond acceptors (Lipinski definition) is 5. The first kappa shape index (κ1) is 31.8. The van der Waals surface area contributed by atoms with Crippen molar-refractivity contribution in [2.45, 2.75) is 80.3 Å². The van der Waals surface area contributed by atoms with Gasteiger partial charge in [-0.3, -0.25) is 9.69 Å². The van der Waals surface area contributed by atoms with Gasteiger partial charge in [-0.15, -0.1) is 0 Å². The minimum absolute atomic E-state index is 0.176. The lowest BCUT2D eigenvalue weighted by atomic mass is 9.70. The maximum absolute atomic E-state index is 15.1. The highest BCUT2D eigenvalue weighted by Crippen LogP contribution is 2.45. The smallest absolute Gasteiger partial charge is 0.259 e. The molecule has 4 heterocycles. The SMILES string of the molecule is Cc1nc2ccccc2n1C1C[C@H]2CC[C@@H](C1)N2CCC1(c2cccc(F)c2)CCN(C(=O)c2c(F)ccc(S(N)(=O)=O)c2F)CC1. The molecule has 1 aromatic heterocycles. The molecule has 3 saturated heterocycles. The van der Waals surface area contributed by atoms with Crippen LogP contribution in [0.25, 0.3) is 11.0 Å². The van der Waals surface area contributed by atoms with Gasteiger partial charge in [-0.1, -0.05) is 24.3 Å². The second kappa shape index (κ2) is 12.1. The van der Waals surface area contributed by atoms with Crippen molar-refractivity contribution in [2.24, 2.45) is 5.14 Å². The molecule has 1 unspecified atom stereocenters.